The summed E-state index contributed by atoms with van der Waals surface area (Å²) in [4.78, 5) is 13.4. The van der Waals surface area contributed by atoms with Gasteiger partial charge in [-0.15, -0.1) is 0 Å². The maximum atomic E-state index is 13.4. The zero-order valence-electron chi connectivity index (χ0n) is 22.6. The summed E-state index contributed by atoms with van der Waals surface area (Å²) in [6.07, 6.45) is 3.24. The van der Waals surface area contributed by atoms with Crippen LogP contribution in [0.4, 0.5) is 0 Å². The molecule has 186 valence electrons. The fourth-order valence-electron chi connectivity index (χ4n) is 4.30. The summed E-state index contributed by atoms with van der Waals surface area (Å²) in [5.74, 6) is 0.128. The van der Waals surface area contributed by atoms with E-state index in [0.717, 1.165) is 24.8 Å². The number of Topliss-reactive ketones (excluding diaryl/α,β-unsaturated/α-hetero) is 1. The van der Waals surface area contributed by atoms with Gasteiger partial charge in [-0.25, -0.2) is 0 Å². The molecule has 1 aliphatic heterocycles. The molecular formula is C27H46O4Si2. The molecule has 2 fully saturated rings. The molecule has 33 heavy (non-hydrogen) atoms. The SMILES string of the molecule is CC(C)(C)[Si](C)(C)OC1CC[C@@H]2O[C@]2(C(=O)c2ccccc2)CCC1O[Si](C)(C)C(C)(C)C. The number of hydrogen-bond donors (Lipinski definition) is 0. The van der Waals surface area contributed by atoms with E-state index in [9.17, 15) is 4.79 Å². The van der Waals surface area contributed by atoms with Crippen molar-refractivity contribution in [3.8, 4) is 0 Å². The van der Waals surface area contributed by atoms with Crippen molar-refractivity contribution in [3.63, 3.8) is 0 Å². The topological polar surface area (TPSA) is 48.1 Å². The summed E-state index contributed by atoms with van der Waals surface area (Å²) in [6.45, 7) is 23.0. The lowest BCUT2D eigenvalue weighted by Gasteiger charge is -2.45. The Hall–Kier alpha value is -0.796. The van der Waals surface area contributed by atoms with Crippen LogP contribution in [0, 0.1) is 0 Å². The molecule has 0 amide bonds. The lowest BCUT2D eigenvalue weighted by Crippen LogP contribution is -2.52. The first-order valence-electron chi connectivity index (χ1n) is 12.6. The first-order valence-corrected chi connectivity index (χ1v) is 18.5. The van der Waals surface area contributed by atoms with E-state index < -0.39 is 22.2 Å². The number of ketones is 1. The summed E-state index contributed by atoms with van der Waals surface area (Å²) >= 11 is 0. The molecule has 0 N–H and O–H groups in total. The Kier molecular flexibility index (Phi) is 7.32. The van der Waals surface area contributed by atoms with Gasteiger partial charge in [0.25, 0.3) is 0 Å². The van der Waals surface area contributed by atoms with E-state index in [2.05, 4.69) is 67.7 Å². The molecule has 1 saturated heterocycles. The summed E-state index contributed by atoms with van der Waals surface area (Å²) in [5, 5.41) is 0.257. The van der Waals surface area contributed by atoms with Gasteiger partial charge in [-0.3, -0.25) is 4.79 Å². The third kappa shape index (κ3) is 5.56. The van der Waals surface area contributed by atoms with Crippen molar-refractivity contribution in [2.75, 3.05) is 0 Å². The van der Waals surface area contributed by atoms with Gasteiger partial charge in [0.1, 0.15) is 0 Å². The Morgan fingerprint density at radius 3 is 1.82 bits per heavy atom. The summed E-state index contributed by atoms with van der Waals surface area (Å²) in [5.41, 5.74) is 0.0646. The first-order chi connectivity index (χ1) is 15.0. The molecular weight excluding hydrogens is 444 g/mol. The predicted molar refractivity (Wildman–Crippen MR) is 141 cm³/mol. The molecule has 0 radical (unpaired) electrons. The van der Waals surface area contributed by atoms with E-state index in [1.165, 1.54) is 0 Å². The molecule has 3 rings (SSSR count). The number of rotatable bonds is 6. The Balaban J connectivity index is 1.87. The van der Waals surface area contributed by atoms with Crippen LogP contribution in [0.25, 0.3) is 0 Å². The second kappa shape index (κ2) is 9.01. The maximum absolute atomic E-state index is 13.4. The molecule has 0 bridgehead atoms. The Morgan fingerprint density at radius 2 is 1.33 bits per heavy atom. The van der Waals surface area contributed by atoms with Crippen LogP contribution in [0.15, 0.2) is 30.3 Å². The fourth-order valence-corrected chi connectivity index (χ4v) is 7.06. The Labute approximate surface area is 204 Å². The maximum Gasteiger partial charge on any atom is 0.197 e. The van der Waals surface area contributed by atoms with Gasteiger partial charge in [0.2, 0.25) is 0 Å². The quantitative estimate of drug-likeness (QED) is 0.237. The van der Waals surface area contributed by atoms with Crippen molar-refractivity contribution in [1.82, 2.24) is 0 Å². The fraction of sp³-hybridized carbons (Fsp3) is 0.741. The van der Waals surface area contributed by atoms with Gasteiger partial charge in [-0.1, -0.05) is 71.9 Å². The lowest BCUT2D eigenvalue weighted by molar-refractivity contribution is 0.0177. The van der Waals surface area contributed by atoms with Crippen LogP contribution in [-0.2, 0) is 13.6 Å². The van der Waals surface area contributed by atoms with E-state index >= 15 is 0 Å². The molecule has 6 heteroatoms. The second-order valence-corrected chi connectivity index (χ2v) is 22.7. The van der Waals surface area contributed by atoms with Gasteiger partial charge in [-0.05, 0) is 61.9 Å². The number of carbonyl (C=O) groups excluding carboxylic acids is 1. The van der Waals surface area contributed by atoms with Crippen molar-refractivity contribution in [2.45, 2.75) is 127 Å². The van der Waals surface area contributed by atoms with Gasteiger partial charge >= 0.3 is 0 Å². The molecule has 4 nitrogen and oxygen atoms in total. The summed E-state index contributed by atoms with van der Waals surface area (Å²) < 4.78 is 20.2. The number of epoxide rings is 1. The molecule has 2 unspecified atom stereocenters. The first kappa shape index (κ1) is 26.8. The van der Waals surface area contributed by atoms with E-state index in [1.807, 2.05) is 30.3 Å². The highest BCUT2D eigenvalue weighted by Gasteiger charge is 2.62. The third-order valence-electron chi connectivity index (χ3n) is 8.67. The van der Waals surface area contributed by atoms with Crippen LogP contribution in [0.3, 0.4) is 0 Å². The largest absolute Gasteiger partial charge is 0.411 e. The molecule has 1 aromatic carbocycles. The monoisotopic (exact) mass is 490 g/mol. The molecule has 0 aromatic heterocycles. The van der Waals surface area contributed by atoms with E-state index in [1.54, 1.807) is 0 Å². The second-order valence-electron chi connectivity index (χ2n) is 13.1. The number of benzene rings is 1. The molecule has 1 saturated carbocycles. The minimum atomic E-state index is -2.01. The standard InChI is InChI=1S/C27H46O4Si2/c1-25(2,3)32(7,8)30-21-16-17-23-27(29-23,24(28)20-14-12-11-13-15-20)19-18-22(21)31-33(9,10)26(4,5)6/h11-15,21-23H,16-19H2,1-10H3/t21?,22?,23-,27+/m0/s1. The van der Waals surface area contributed by atoms with Crippen LogP contribution < -0.4 is 0 Å². The summed E-state index contributed by atoms with van der Waals surface area (Å²) in [7, 11) is -3.98. The highest BCUT2D eigenvalue weighted by Crippen LogP contribution is 2.50. The average molecular weight is 491 g/mol. The van der Waals surface area contributed by atoms with Crippen LogP contribution in [0.1, 0.15) is 77.6 Å². The minimum absolute atomic E-state index is 0.00869. The van der Waals surface area contributed by atoms with Gasteiger partial charge in [0, 0.05) is 5.56 Å². The van der Waals surface area contributed by atoms with Crippen LogP contribution >= 0.6 is 0 Å². The van der Waals surface area contributed by atoms with Crippen molar-refractivity contribution in [1.29, 1.82) is 0 Å². The molecule has 1 heterocycles. The number of fused-ring (bicyclic) bond motifs is 1. The van der Waals surface area contributed by atoms with E-state index in [0.29, 0.717) is 6.42 Å². The van der Waals surface area contributed by atoms with Gasteiger partial charge in [0.15, 0.2) is 28.0 Å². The van der Waals surface area contributed by atoms with E-state index in [-0.39, 0.29) is 34.2 Å². The van der Waals surface area contributed by atoms with Crippen LogP contribution in [0.5, 0.6) is 0 Å². The summed E-state index contributed by atoms with van der Waals surface area (Å²) in [6, 6.07) is 9.61. The molecule has 0 spiro atoms. The third-order valence-corrected chi connectivity index (χ3v) is 17.7. The van der Waals surface area contributed by atoms with E-state index in [4.69, 9.17) is 13.6 Å². The predicted octanol–water partition coefficient (Wildman–Crippen LogP) is 7.36. The number of hydrogen-bond acceptors (Lipinski definition) is 4. The molecule has 1 aliphatic carbocycles. The number of ether oxygens (including phenoxy) is 1. The molecule has 1 aromatic rings. The van der Waals surface area contributed by atoms with Gasteiger partial charge in [-0.2, -0.15) is 0 Å². The van der Waals surface area contributed by atoms with Crippen LogP contribution in [-0.4, -0.2) is 46.3 Å². The Bertz CT molecular complexity index is 838. The lowest BCUT2D eigenvalue weighted by atomic mass is 9.84. The van der Waals surface area contributed by atoms with Crippen molar-refractivity contribution in [2.24, 2.45) is 0 Å². The van der Waals surface area contributed by atoms with Crippen molar-refractivity contribution < 1.29 is 18.4 Å². The van der Waals surface area contributed by atoms with Crippen molar-refractivity contribution in [3.05, 3.63) is 35.9 Å². The molecule has 2 aliphatic rings. The zero-order valence-corrected chi connectivity index (χ0v) is 24.6. The van der Waals surface area contributed by atoms with Gasteiger partial charge < -0.3 is 13.6 Å². The highest BCUT2D eigenvalue weighted by atomic mass is 28.4. The smallest absolute Gasteiger partial charge is 0.197 e. The Morgan fingerprint density at radius 1 is 0.848 bits per heavy atom. The average Bonchev–Trinajstić information content (AvgIpc) is 3.39. The van der Waals surface area contributed by atoms with Crippen molar-refractivity contribution >= 4 is 22.4 Å². The molecule has 4 atom stereocenters. The number of carbonyl (C=O) groups is 1. The zero-order chi connectivity index (χ0) is 24.9. The van der Waals surface area contributed by atoms with Crippen LogP contribution in [0.2, 0.25) is 36.3 Å². The van der Waals surface area contributed by atoms with Gasteiger partial charge in [0.05, 0.1) is 18.3 Å². The minimum Gasteiger partial charge on any atom is -0.411 e. The highest BCUT2D eigenvalue weighted by molar-refractivity contribution is 6.74. The normalized spacial score (nSPS) is 29.1.